The van der Waals surface area contributed by atoms with Crippen LogP contribution in [0.25, 0.3) is 11.0 Å². The lowest BCUT2D eigenvalue weighted by molar-refractivity contribution is 0.0949. The molecule has 0 bridgehead atoms. The van der Waals surface area contributed by atoms with E-state index in [1.54, 1.807) is 30.6 Å². The number of carbonyl (C=O) groups is 1. The van der Waals surface area contributed by atoms with E-state index < -0.39 is 0 Å². The molecule has 0 aliphatic rings. The number of benzene rings is 2. The first-order valence-electron chi connectivity index (χ1n) is 10.1. The van der Waals surface area contributed by atoms with Crippen LogP contribution >= 0.6 is 0 Å². The van der Waals surface area contributed by atoms with Gasteiger partial charge < -0.3 is 19.4 Å². The topological polar surface area (TPSA) is 78.3 Å². The quantitative estimate of drug-likeness (QED) is 0.472. The number of amides is 1. The summed E-state index contributed by atoms with van der Waals surface area (Å²) >= 11 is 0. The Morgan fingerprint density at radius 1 is 1.06 bits per heavy atom. The molecule has 1 N–H and O–H groups in total. The highest BCUT2D eigenvalue weighted by atomic mass is 16.5. The van der Waals surface area contributed by atoms with Crippen molar-refractivity contribution in [3.05, 3.63) is 83.9 Å². The first-order valence-corrected chi connectivity index (χ1v) is 10.1. The summed E-state index contributed by atoms with van der Waals surface area (Å²) in [5.74, 6) is 1.70. The van der Waals surface area contributed by atoms with Gasteiger partial charge in [0.1, 0.15) is 12.4 Å². The van der Waals surface area contributed by atoms with Gasteiger partial charge in [-0.25, -0.2) is 4.98 Å². The largest absolute Gasteiger partial charge is 0.490 e. The Kier molecular flexibility index (Phi) is 6.12. The summed E-state index contributed by atoms with van der Waals surface area (Å²) in [7, 11) is 1.94. The highest BCUT2D eigenvalue weighted by Crippen LogP contribution is 2.29. The number of fused-ring (bicyclic) bond motifs is 1. The van der Waals surface area contributed by atoms with Gasteiger partial charge in [-0.15, -0.1) is 0 Å². The Hall–Kier alpha value is -3.87. The summed E-state index contributed by atoms with van der Waals surface area (Å²) in [6.07, 6.45) is 3.47. The molecule has 0 aliphatic heterocycles. The zero-order valence-electron chi connectivity index (χ0n) is 17.5. The standard InChI is InChI=1S/C24H24N4O3/c1-3-30-22-13-18(10-11-21(22)31-16-17-7-6-12-25-14-17)24(29)26-15-23-27-19-8-4-5-9-20(19)28(23)2/h4-14H,3,15-16H2,1-2H3,(H,26,29). The highest BCUT2D eigenvalue weighted by Gasteiger charge is 2.14. The van der Waals surface area contributed by atoms with Crippen LogP contribution < -0.4 is 14.8 Å². The van der Waals surface area contributed by atoms with Gasteiger partial charge in [-0.2, -0.15) is 0 Å². The van der Waals surface area contributed by atoms with Gasteiger partial charge >= 0.3 is 0 Å². The number of hydrogen-bond acceptors (Lipinski definition) is 5. The number of pyridine rings is 1. The van der Waals surface area contributed by atoms with Crippen LogP contribution in [0.1, 0.15) is 28.7 Å². The van der Waals surface area contributed by atoms with E-state index in [0.717, 1.165) is 22.4 Å². The van der Waals surface area contributed by atoms with Crippen LogP contribution in [0.4, 0.5) is 0 Å². The monoisotopic (exact) mass is 416 g/mol. The number of aromatic nitrogens is 3. The van der Waals surface area contributed by atoms with Crippen molar-refractivity contribution >= 4 is 16.9 Å². The molecule has 4 rings (SSSR count). The second kappa shape index (κ2) is 9.30. The minimum absolute atomic E-state index is 0.202. The van der Waals surface area contributed by atoms with Crippen molar-refractivity contribution in [2.45, 2.75) is 20.1 Å². The number of nitrogens with zero attached hydrogens (tertiary/aromatic N) is 3. The summed E-state index contributed by atoms with van der Waals surface area (Å²) in [4.78, 5) is 21.4. The Morgan fingerprint density at radius 3 is 2.71 bits per heavy atom. The van der Waals surface area contributed by atoms with Crippen LogP contribution in [0.15, 0.2) is 67.0 Å². The van der Waals surface area contributed by atoms with Crippen LogP contribution in [0.2, 0.25) is 0 Å². The van der Waals surface area contributed by atoms with E-state index in [9.17, 15) is 4.79 Å². The molecular formula is C24H24N4O3. The van der Waals surface area contributed by atoms with Crippen molar-refractivity contribution in [1.82, 2.24) is 19.9 Å². The average Bonchev–Trinajstić information content (AvgIpc) is 3.13. The van der Waals surface area contributed by atoms with Gasteiger partial charge in [0.2, 0.25) is 0 Å². The van der Waals surface area contributed by atoms with Gasteiger partial charge in [-0.1, -0.05) is 18.2 Å². The molecule has 4 aromatic rings. The molecule has 7 heteroatoms. The van der Waals surface area contributed by atoms with Gasteiger partial charge in [0.15, 0.2) is 11.5 Å². The number of imidazole rings is 1. The number of rotatable bonds is 8. The molecule has 2 aromatic carbocycles. The molecule has 0 spiro atoms. The van der Waals surface area contributed by atoms with Crippen LogP contribution in [-0.4, -0.2) is 27.0 Å². The van der Waals surface area contributed by atoms with Gasteiger partial charge in [-0.05, 0) is 43.3 Å². The lowest BCUT2D eigenvalue weighted by Crippen LogP contribution is -2.24. The number of ether oxygens (including phenoxy) is 2. The average molecular weight is 416 g/mol. The summed E-state index contributed by atoms with van der Waals surface area (Å²) in [6, 6.07) is 16.9. The lowest BCUT2D eigenvalue weighted by atomic mass is 10.2. The molecule has 0 saturated carbocycles. The van der Waals surface area contributed by atoms with E-state index in [4.69, 9.17) is 9.47 Å². The molecule has 7 nitrogen and oxygen atoms in total. The fourth-order valence-electron chi connectivity index (χ4n) is 3.30. The van der Waals surface area contributed by atoms with E-state index in [0.29, 0.717) is 36.8 Å². The van der Waals surface area contributed by atoms with Crippen molar-refractivity contribution < 1.29 is 14.3 Å². The Bertz CT molecular complexity index is 1190. The number of para-hydroxylation sites is 2. The summed E-state index contributed by atoms with van der Waals surface area (Å²) in [5, 5.41) is 2.94. The first kappa shape index (κ1) is 20.4. The van der Waals surface area contributed by atoms with Crippen molar-refractivity contribution in [3.63, 3.8) is 0 Å². The van der Waals surface area contributed by atoms with Crippen LogP contribution in [0.3, 0.4) is 0 Å². The van der Waals surface area contributed by atoms with E-state index in [-0.39, 0.29) is 5.91 Å². The molecule has 0 aliphatic carbocycles. The molecule has 31 heavy (non-hydrogen) atoms. The van der Waals surface area contributed by atoms with E-state index in [1.807, 2.05) is 54.9 Å². The summed E-state index contributed by atoms with van der Waals surface area (Å²) in [5.41, 5.74) is 3.38. The summed E-state index contributed by atoms with van der Waals surface area (Å²) < 4.78 is 13.6. The zero-order chi connectivity index (χ0) is 21.6. The SMILES string of the molecule is CCOc1cc(C(=O)NCc2nc3ccccc3n2C)ccc1OCc1cccnc1. The minimum atomic E-state index is -0.202. The maximum atomic E-state index is 12.7. The number of hydrogen-bond donors (Lipinski definition) is 1. The van der Waals surface area contributed by atoms with Gasteiger partial charge in [0.05, 0.1) is 24.2 Å². The highest BCUT2D eigenvalue weighted by molar-refractivity contribution is 5.94. The number of aryl methyl sites for hydroxylation is 1. The molecule has 2 aromatic heterocycles. The molecule has 2 heterocycles. The predicted molar refractivity (Wildman–Crippen MR) is 118 cm³/mol. The molecule has 158 valence electrons. The number of carbonyl (C=O) groups excluding carboxylic acids is 1. The third-order valence-corrected chi connectivity index (χ3v) is 4.91. The lowest BCUT2D eigenvalue weighted by Gasteiger charge is -2.13. The molecule has 0 fully saturated rings. The predicted octanol–water partition coefficient (Wildman–Crippen LogP) is 3.88. The van der Waals surface area contributed by atoms with Gasteiger partial charge in [-0.3, -0.25) is 9.78 Å². The van der Waals surface area contributed by atoms with Gasteiger partial charge in [0.25, 0.3) is 5.91 Å². The normalized spacial score (nSPS) is 10.8. The Morgan fingerprint density at radius 2 is 1.94 bits per heavy atom. The maximum absolute atomic E-state index is 12.7. The van der Waals surface area contributed by atoms with Gasteiger partial charge in [0, 0.05) is 30.6 Å². The van der Waals surface area contributed by atoms with Crippen molar-refractivity contribution in [3.8, 4) is 11.5 Å². The molecule has 0 radical (unpaired) electrons. The molecular weight excluding hydrogens is 392 g/mol. The minimum Gasteiger partial charge on any atom is -0.490 e. The van der Waals surface area contributed by atoms with Crippen LogP contribution in [-0.2, 0) is 20.2 Å². The molecule has 0 saturated heterocycles. The maximum Gasteiger partial charge on any atom is 0.251 e. The van der Waals surface area contributed by atoms with E-state index in [2.05, 4.69) is 15.3 Å². The van der Waals surface area contributed by atoms with Crippen molar-refractivity contribution in [2.75, 3.05) is 6.61 Å². The molecule has 1 amide bonds. The second-order valence-electron chi connectivity index (χ2n) is 7.00. The molecule has 0 unspecified atom stereocenters. The summed E-state index contributed by atoms with van der Waals surface area (Å²) in [6.45, 7) is 3.05. The van der Waals surface area contributed by atoms with Crippen molar-refractivity contribution in [1.29, 1.82) is 0 Å². The fourth-order valence-corrected chi connectivity index (χ4v) is 3.30. The number of nitrogens with one attached hydrogen (secondary N) is 1. The third-order valence-electron chi connectivity index (χ3n) is 4.91. The van der Waals surface area contributed by atoms with E-state index in [1.165, 1.54) is 0 Å². The smallest absolute Gasteiger partial charge is 0.251 e. The zero-order valence-corrected chi connectivity index (χ0v) is 17.5. The molecule has 0 atom stereocenters. The third kappa shape index (κ3) is 4.66. The van der Waals surface area contributed by atoms with Crippen molar-refractivity contribution in [2.24, 2.45) is 7.05 Å². The van der Waals surface area contributed by atoms with E-state index >= 15 is 0 Å². The fraction of sp³-hybridized carbons (Fsp3) is 0.208. The second-order valence-corrected chi connectivity index (χ2v) is 7.00. The van der Waals surface area contributed by atoms with Crippen LogP contribution in [0.5, 0.6) is 11.5 Å². The first-order chi connectivity index (χ1) is 15.2. The van der Waals surface area contributed by atoms with Crippen LogP contribution in [0, 0.1) is 0 Å². The Balaban J connectivity index is 1.45. The Labute approximate surface area is 180 Å².